The lowest BCUT2D eigenvalue weighted by Crippen LogP contribution is -2.36. The number of benzene rings is 6. The molecule has 1 heterocycles. The minimum absolute atomic E-state index is 0.203. The summed E-state index contributed by atoms with van der Waals surface area (Å²) in [6.07, 6.45) is -15.0. The van der Waals surface area contributed by atoms with Crippen LogP contribution in [-0.4, -0.2) is 33.7 Å². The fourth-order valence-corrected chi connectivity index (χ4v) is 8.86. The maximum Gasteiger partial charge on any atom is 0.416 e. The smallest absolute Gasteiger partial charge is 0.416 e. The van der Waals surface area contributed by atoms with Crippen molar-refractivity contribution in [2.24, 2.45) is 0 Å². The van der Waals surface area contributed by atoms with Crippen LogP contribution in [0.3, 0.4) is 0 Å². The number of fused-ring (bicyclic) bond motifs is 8. The van der Waals surface area contributed by atoms with Crippen molar-refractivity contribution in [1.82, 2.24) is 0 Å². The van der Waals surface area contributed by atoms with Crippen LogP contribution in [0.2, 0.25) is 0 Å². The van der Waals surface area contributed by atoms with Crippen LogP contribution < -0.4 is 18.9 Å². The van der Waals surface area contributed by atoms with E-state index in [0.717, 1.165) is 12.1 Å². The van der Waals surface area contributed by atoms with E-state index < -0.39 is 60.8 Å². The maximum atomic E-state index is 14.5. The molecule has 8 rings (SSSR count). The van der Waals surface area contributed by atoms with Gasteiger partial charge in [0, 0.05) is 40.3 Å². The molecule has 0 amide bonds. The number of hydrogen-bond acceptors (Lipinski definition) is 4. The average molecular weight is 849 g/mol. The molecule has 0 aromatic heterocycles. The summed E-state index contributed by atoms with van der Waals surface area (Å²) in [6, 6.07) is 28.4. The van der Waals surface area contributed by atoms with E-state index >= 15 is 0 Å². The van der Waals surface area contributed by atoms with Crippen LogP contribution in [0.15, 0.2) is 115 Å². The third kappa shape index (κ3) is 7.52. The van der Waals surface area contributed by atoms with Crippen LogP contribution in [0.4, 0.5) is 39.5 Å². The fraction of sp³-hybridized carbons (Fsp3) is 0.250. The van der Waals surface area contributed by atoms with Crippen molar-refractivity contribution < 1.29 is 58.5 Å². The van der Waals surface area contributed by atoms with Gasteiger partial charge in [0.2, 0.25) is 0 Å². The first-order valence-electron chi connectivity index (χ1n) is 19.2. The molecule has 61 heavy (non-hydrogen) atoms. The van der Waals surface area contributed by atoms with Gasteiger partial charge in [0.15, 0.2) is 5.60 Å². The predicted octanol–water partition coefficient (Wildman–Crippen LogP) is 13.9. The minimum Gasteiger partial charge on any atom is -0.497 e. The second-order valence-corrected chi connectivity index (χ2v) is 15.2. The van der Waals surface area contributed by atoms with E-state index in [-0.39, 0.29) is 16.9 Å². The van der Waals surface area contributed by atoms with Crippen molar-refractivity contribution in [2.45, 2.75) is 55.2 Å². The van der Waals surface area contributed by atoms with Gasteiger partial charge in [-0.15, -0.1) is 0 Å². The quantitative estimate of drug-likeness (QED) is 0.129. The Kier molecular flexibility index (Phi) is 10.3. The third-order valence-corrected chi connectivity index (χ3v) is 11.8. The Bertz CT molecular complexity index is 2560. The molecule has 0 saturated heterocycles. The van der Waals surface area contributed by atoms with Gasteiger partial charge in [0.25, 0.3) is 0 Å². The molecule has 0 spiro atoms. The van der Waals surface area contributed by atoms with E-state index in [1.807, 2.05) is 24.3 Å². The molecule has 0 bridgehead atoms. The summed E-state index contributed by atoms with van der Waals surface area (Å²) >= 11 is 0. The van der Waals surface area contributed by atoms with Crippen molar-refractivity contribution in [1.29, 1.82) is 0 Å². The highest BCUT2D eigenvalue weighted by molar-refractivity contribution is 6.09. The van der Waals surface area contributed by atoms with Crippen LogP contribution in [0.5, 0.6) is 23.0 Å². The van der Waals surface area contributed by atoms with Gasteiger partial charge in [-0.05, 0) is 118 Å². The molecule has 0 fully saturated rings. The second-order valence-electron chi connectivity index (χ2n) is 15.2. The highest BCUT2D eigenvalue weighted by Gasteiger charge is 2.51. The van der Waals surface area contributed by atoms with E-state index in [2.05, 4.69) is 0 Å². The molecular weight excluding hydrogens is 812 g/mol. The van der Waals surface area contributed by atoms with Gasteiger partial charge in [0.05, 0.1) is 26.9 Å². The topological polar surface area (TPSA) is 36.9 Å². The molecule has 1 aliphatic carbocycles. The predicted molar refractivity (Wildman–Crippen MR) is 214 cm³/mol. The normalized spacial score (nSPS) is 15.1. The zero-order valence-electron chi connectivity index (χ0n) is 32.9. The number of alkyl halides is 9. The highest BCUT2D eigenvalue weighted by Crippen LogP contribution is 2.62. The Labute approximate surface area is 345 Å². The van der Waals surface area contributed by atoms with Gasteiger partial charge in [-0.25, -0.2) is 0 Å². The van der Waals surface area contributed by atoms with Crippen LogP contribution in [0, 0.1) is 0 Å². The van der Waals surface area contributed by atoms with Crippen molar-refractivity contribution in [3.05, 3.63) is 149 Å². The van der Waals surface area contributed by atoms with Crippen molar-refractivity contribution >= 4 is 16.8 Å². The third-order valence-electron chi connectivity index (χ3n) is 11.8. The molecule has 316 valence electrons. The van der Waals surface area contributed by atoms with Crippen molar-refractivity contribution in [2.75, 3.05) is 21.3 Å². The van der Waals surface area contributed by atoms with E-state index in [0.29, 0.717) is 67.0 Å². The fourth-order valence-electron chi connectivity index (χ4n) is 8.86. The Morgan fingerprint density at radius 1 is 0.557 bits per heavy atom. The van der Waals surface area contributed by atoms with Crippen LogP contribution in [0.25, 0.3) is 39.1 Å². The van der Waals surface area contributed by atoms with Crippen molar-refractivity contribution in [3.8, 4) is 45.3 Å². The summed E-state index contributed by atoms with van der Waals surface area (Å²) in [5.41, 5.74) is -0.695. The monoisotopic (exact) mass is 848 g/mol. The SMILES string of the molecule is COc1ccc(C2(c3ccc(OC)cc3)C=Cc3c4c(c5ccc(OC)cc5c3O2)-c2ccc(-c3ccc(C(F)(F)F)cc3)cc2C4(CCC(F)(F)F)CCC(F)(F)F)cc1. The van der Waals surface area contributed by atoms with Gasteiger partial charge in [0.1, 0.15) is 23.0 Å². The van der Waals surface area contributed by atoms with Crippen LogP contribution >= 0.6 is 0 Å². The van der Waals surface area contributed by atoms with Gasteiger partial charge in [-0.1, -0.05) is 54.6 Å². The zero-order chi connectivity index (χ0) is 43.5. The molecule has 6 aromatic rings. The number of methoxy groups -OCH3 is 3. The number of halogens is 9. The van der Waals surface area contributed by atoms with Gasteiger partial charge in [-0.2, -0.15) is 39.5 Å². The highest BCUT2D eigenvalue weighted by atomic mass is 19.4. The Morgan fingerprint density at radius 3 is 1.59 bits per heavy atom. The van der Waals surface area contributed by atoms with Crippen molar-refractivity contribution in [3.63, 3.8) is 0 Å². The van der Waals surface area contributed by atoms with E-state index in [9.17, 15) is 39.5 Å². The number of rotatable bonds is 10. The first-order chi connectivity index (χ1) is 28.9. The first kappa shape index (κ1) is 41.6. The molecule has 6 aromatic carbocycles. The lowest BCUT2D eigenvalue weighted by Gasteiger charge is -2.40. The molecule has 4 nitrogen and oxygen atoms in total. The van der Waals surface area contributed by atoms with Gasteiger partial charge >= 0.3 is 18.5 Å². The Hall–Kier alpha value is -6.11. The van der Waals surface area contributed by atoms with E-state index in [4.69, 9.17) is 18.9 Å². The summed E-state index contributed by atoms with van der Waals surface area (Å²) in [5, 5.41) is 0.983. The second kappa shape index (κ2) is 15.1. The first-order valence-corrected chi connectivity index (χ1v) is 19.2. The van der Waals surface area contributed by atoms with Gasteiger partial charge < -0.3 is 18.9 Å². The number of hydrogen-bond donors (Lipinski definition) is 0. The standard InChI is InChI=1S/C48H37F9O4/c1-58-33-13-9-30(10-14-33)45(31-11-15-34(59-2)16-12-31)21-20-38-42-41(36-19-17-35(60-3)27-39(36)43(38)61-45)37-18-6-29(28-4-7-32(8-5-28)48(55,56)57)26-40(37)44(42,22-24-46(49,50)51)23-25-47(52,53)54/h4-21,26-27H,22-25H2,1-3H3. The summed E-state index contributed by atoms with van der Waals surface area (Å²) < 4.78 is 151. The molecule has 0 radical (unpaired) electrons. The summed E-state index contributed by atoms with van der Waals surface area (Å²) in [7, 11) is 4.52. The minimum atomic E-state index is -4.76. The summed E-state index contributed by atoms with van der Waals surface area (Å²) in [6.45, 7) is 0. The molecule has 1 aliphatic heterocycles. The average Bonchev–Trinajstić information content (AvgIpc) is 3.53. The largest absolute Gasteiger partial charge is 0.497 e. The molecule has 0 N–H and O–H groups in total. The molecule has 2 aliphatic rings. The lowest BCUT2D eigenvalue weighted by atomic mass is 9.68. The molecule has 0 atom stereocenters. The van der Waals surface area contributed by atoms with E-state index in [1.54, 1.807) is 66.7 Å². The molecule has 0 saturated carbocycles. The zero-order valence-corrected chi connectivity index (χ0v) is 32.9. The molecule has 0 unspecified atom stereocenters. The number of ether oxygens (including phenoxy) is 4. The Morgan fingerprint density at radius 2 is 1.08 bits per heavy atom. The van der Waals surface area contributed by atoms with Crippen LogP contribution in [-0.2, 0) is 17.2 Å². The lowest BCUT2D eigenvalue weighted by molar-refractivity contribution is -0.144. The summed E-state index contributed by atoms with van der Waals surface area (Å²) in [4.78, 5) is 0. The molecular formula is C48H37F9O4. The maximum absolute atomic E-state index is 14.5. The molecule has 13 heteroatoms. The van der Waals surface area contributed by atoms with E-state index in [1.165, 1.54) is 39.5 Å². The van der Waals surface area contributed by atoms with Gasteiger partial charge in [-0.3, -0.25) is 0 Å². The Balaban J connectivity index is 1.44. The van der Waals surface area contributed by atoms with Crippen LogP contribution in [0.1, 0.15) is 59.1 Å². The summed E-state index contributed by atoms with van der Waals surface area (Å²) in [5.74, 6) is 1.76.